The van der Waals surface area contributed by atoms with E-state index in [9.17, 15) is 5.11 Å². The van der Waals surface area contributed by atoms with Gasteiger partial charge in [-0.15, -0.1) is 0 Å². The molecule has 0 radical (unpaired) electrons. The van der Waals surface area contributed by atoms with Gasteiger partial charge in [0, 0.05) is 15.6 Å². The SMILES string of the molecule is Cc1cccc(-c2nc(-c3cc(Cl)cc(Cl)c3)no2)c1O. The van der Waals surface area contributed by atoms with Crippen LogP contribution in [0.15, 0.2) is 40.9 Å². The molecule has 4 nitrogen and oxygen atoms in total. The first-order chi connectivity index (χ1) is 10.0. The molecule has 0 amide bonds. The van der Waals surface area contributed by atoms with Crippen LogP contribution in [0.25, 0.3) is 22.8 Å². The van der Waals surface area contributed by atoms with Crippen LogP contribution in [0.1, 0.15) is 5.56 Å². The van der Waals surface area contributed by atoms with E-state index < -0.39 is 0 Å². The van der Waals surface area contributed by atoms with Crippen LogP contribution in [0.2, 0.25) is 10.0 Å². The van der Waals surface area contributed by atoms with Crippen LogP contribution in [-0.2, 0) is 0 Å². The van der Waals surface area contributed by atoms with Gasteiger partial charge in [0.25, 0.3) is 5.89 Å². The Kier molecular flexibility index (Phi) is 3.57. The first-order valence-corrected chi connectivity index (χ1v) is 6.89. The topological polar surface area (TPSA) is 59.2 Å². The maximum Gasteiger partial charge on any atom is 0.262 e. The lowest BCUT2D eigenvalue weighted by molar-refractivity contribution is 0.425. The summed E-state index contributed by atoms with van der Waals surface area (Å²) >= 11 is 11.9. The van der Waals surface area contributed by atoms with E-state index in [1.807, 2.05) is 6.07 Å². The Balaban J connectivity index is 2.06. The van der Waals surface area contributed by atoms with E-state index in [0.717, 1.165) is 5.56 Å². The van der Waals surface area contributed by atoms with E-state index >= 15 is 0 Å². The average molecular weight is 321 g/mol. The second-order valence-corrected chi connectivity index (χ2v) is 5.43. The maximum absolute atomic E-state index is 10.0. The lowest BCUT2D eigenvalue weighted by atomic mass is 10.1. The van der Waals surface area contributed by atoms with E-state index in [1.165, 1.54) is 0 Å². The number of phenolic OH excluding ortho intramolecular Hbond substituents is 1. The number of aromatic nitrogens is 2. The highest BCUT2D eigenvalue weighted by Crippen LogP contribution is 2.32. The summed E-state index contributed by atoms with van der Waals surface area (Å²) in [6.45, 7) is 1.80. The van der Waals surface area contributed by atoms with Crippen molar-refractivity contribution in [3.05, 3.63) is 52.0 Å². The third kappa shape index (κ3) is 2.73. The number of nitrogens with zero attached hydrogens (tertiary/aromatic N) is 2. The minimum absolute atomic E-state index is 0.122. The van der Waals surface area contributed by atoms with Crippen molar-refractivity contribution in [3.63, 3.8) is 0 Å². The summed E-state index contributed by atoms with van der Waals surface area (Å²) in [4.78, 5) is 4.28. The Labute approximate surface area is 130 Å². The van der Waals surface area contributed by atoms with Crippen LogP contribution >= 0.6 is 23.2 Å². The summed E-state index contributed by atoms with van der Waals surface area (Å²) in [5.74, 6) is 0.717. The number of aromatic hydroxyl groups is 1. The molecule has 0 atom stereocenters. The molecule has 0 aliphatic heterocycles. The van der Waals surface area contributed by atoms with Crippen molar-refractivity contribution >= 4 is 23.2 Å². The van der Waals surface area contributed by atoms with E-state index in [-0.39, 0.29) is 11.6 Å². The fourth-order valence-electron chi connectivity index (χ4n) is 1.96. The van der Waals surface area contributed by atoms with Crippen LogP contribution in [0.4, 0.5) is 0 Å². The fraction of sp³-hybridized carbons (Fsp3) is 0.0667. The molecule has 0 fully saturated rings. The number of benzene rings is 2. The summed E-state index contributed by atoms with van der Waals surface area (Å²) in [6, 6.07) is 10.3. The maximum atomic E-state index is 10.0. The molecule has 0 aliphatic rings. The van der Waals surface area contributed by atoms with Crippen LogP contribution in [-0.4, -0.2) is 15.2 Å². The predicted molar refractivity (Wildman–Crippen MR) is 81.6 cm³/mol. The molecule has 0 saturated heterocycles. The lowest BCUT2D eigenvalue weighted by Gasteiger charge is -2.01. The molecule has 2 aromatic carbocycles. The minimum atomic E-state index is 0.122. The molecule has 3 rings (SSSR count). The smallest absolute Gasteiger partial charge is 0.262 e. The van der Waals surface area contributed by atoms with E-state index in [4.69, 9.17) is 27.7 Å². The van der Waals surface area contributed by atoms with Crippen molar-refractivity contribution in [2.45, 2.75) is 6.92 Å². The normalized spacial score (nSPS) is 10.8. The molecule has 1 aromatic heterocycles. The van der Waals surface area contributed by atoms with Gasteiger partial charge in [-0.3, -0.25) is 0 Å². The Hall–Kier alpha value is -2.04. The summed E-state index contributed by atoms with van der Waals surface area (Å²) in [5.41, 5.74) is 1.87. The molecule has 0 saturated carbocycles. The second kappa shape index (κ2) is 5.39. The minimum Gasteiger partial charge on any atom is -0.507 e. The highest BCUT2D eigenvalue weighted by Gasteiger charge is 2.15. The highest BCUT2D eigenvalue weighted by molar-refractivity contribution is 6.35. The Morgan fingerprint density at radius 1 is 1.10 bits per heavy atom. The molecular formula is C15H10Cl2N2O2. The molecule has 3 aromatic rings. The second-order valence-electron chi connectivity index (χ2n) is 4.55. The monoisotopic (exact) mass is 320 g/mol. The summed E-state index contributed by atoms with van der Waals surface area (Å²) in [7, 11) is 0. The van der Waals surface area contributed by atoms with Gasteiger partial charge >= 0.3 is 0 Å². The molecule has 1 heterocycles. The van der Waals surface area contributed by atoms with E-state index in [0.29, 0.717) is 27.0 Å². The number of hydrogen-bond donors (Lipinski definition) is 1. The molecule has 21 heavy (non-hydrogen) atoms. The van der Waals surface area contributed by atoms with Crippen molar-refractivity contribution in [1.29, 1.82) is 0 Å². The molecule has 0 aliphatic carbocycles. The van der Waals surface area contributed by atoms with Gasteiger partial charge in [-0.05, 0) is 36.8 Å². The van der Waals surface area contributed by atoms with Gasteiger partial charge in [-0.1, -0.05) is 40.5 Å². The number of para-hydroxylation sites is 1. The van der Waals surface area contributed by atoms with Crippen LogP contribution in [0, 0.1) is 6.92 Å². The number of halogens is 2. The summed E-state index contributed by atoms with van der Waals surface area (Å²) in [6.07, 6.45) is 0. The largest absolute Gasteiger partial charge is 0.507 e. The zero-order chi connectivity index (χ0) is 15.0. The first kappa shape index (κ1) is 13.9. The van der Waals surface area contributed by atoms with Gasteiger partial charge in [0.05, 0.1) is 5.56 Å². The van der Waals surface area contributed by atoms with Gasteiger partial charge < -0.3 is 9.63 Å². The standard InChI is InChI=1S/C15H10Cl2N2O2/c1-8-3-2-4-12(13(8)20)15-18-14(19-21-15)9-5-10(16)7-11(17)6-9/h2-7,20H,1H3. The molecular weight excluding hydrogens is 311 g/mol. The zero-order valence-corrected chi connectivity index (χ0v) is 12.5. The van der Waals surface area contributed by atoms with Crippen LogP contribution < -0.4 is 0 Å². The van der Waals surface area contributed by atoms with Crippen molar-refractivity contribution in [2.24, 2.45) is 0 Å². The molecule has 1 N–H and O–H groups in total. The van der Waals surface area contributed by atoms with Crippen molar-refractivity contribution in [3.8, 4) is 28.6 Å². The van der Waals surface area contributed by atoms with Crippen molar-refractivity contribution in [2.75, 3.05) is 0 Å². The quantitative estimate of drug-likeness (QED) is 0.741. The van der Waals surface area contributed by atoms with Gasteiger partial charge in [0.1, 0.15) is 5.75 Å². The average Bonchev–Trinajstić information content (AvgIpc) is 2.90. The van der Waals surface area contributed by atoms with E-state index in [2.05, 4.69) is 10.1 Å². The first-order valence-electron chi connectivity index (χ1n) is 6.14. The highest BCUT2D eigenvalue weighted by atomic mass is 35.5. The van der Waals surface area contributed by atoms with E-state index in [1.54, 1.807) is 37.3 Å². The summed E-state index contributed by atoms with van der Waals surface area (Å²) in [5, 5.41) is 14.9. The number of rotatable bonds is 2. The predicted octanol–water partition coefficient (Wildman–Crippen LogP) is 4.72. The molecule has 0 bridgehead atoms. The third-order valence-corrected chi connectivity index (χ3v) is 3.45. The fourth-order valence-corrected chi connectivity index (χ4v) is 2.49. The zero-order valence-electron chi connectivity index (χ0n) is 11.0. The van der Waals surface area contributed by atoms with Gasteiger partial charge in [0.2, 0.25) is 5.82 Å². The van der Waals surface area contributed by atoms with Gasteiger partial charge in [-0.2, -0.15) is 4.98 Å². The van der Waals surface area contributed by atoms with Crippen molar-refractivity contribution < 1.29 is 9.63 Å². The van der Waals surface area contributed by atoms with Crippen molar-refractivity contribution in [1.82, 2.24) is 10.1 Å². The molecule has 106 valence electrons. The van der Waals surface area contributed by atoms with Crippen LogP contribution in [0.5, 0.6) is 5.75 Å². The number of aryl methyl sites for hydroxylation is 1. The number of hydrogen-bond acceptors (Lipinski definition) is 4. The summed E-state index contributed by atoms with van der Waals surface area (Å²) < 4.78 is 5.21. The lowest BCUT2D eigenvalue weighted by Crippen LogP contribution is -1.84. The van der Waals surface area contributed by atoms with Gasteiger partial charge in [0.15, 0.2) is 0 Å². The molecule has 0 unspecified atom stereocenters. The Morgan fingerprint density at radius 2 is 1.81 bits per heavy atom. The Bertz CT molecular complexity index is 795. The molecule has 6 heteroatoms. The molecule has 0 spiro atoms. The number of phenols is 1. The third-order valence-electron chi connectivity index (χ3n) is 3.01. The van der Waals surface area contributed by atoms with Gasteiger partial charge in [-0.25, -0.2) is 0 Å². The van der Waals surface area contributed by atoms with Crippen LogP contribution in [0.3, 0.4) is 0 Å². The Morgan fingerprint density at radius 3 is 2.52 bits per heavy atom.